The summed E-state index contributed by atoms with van der Waals surface area (Å²) in [4.78, 5) is 3.95. The maximum atomic E-state index is 12.1. The standard InChI is InChI=1S/C11H8BrClN2O2S/c12-9-3-1-2-4-10(9)18(16,17)15-8-5-6-14-11(13)7-8/h1-7H,(H,14,15). The van der Waals surface area contributed by atoms with Gasteiger partial charge in [0.1, 0.15) is 10.0 Å². The van der Waals surface area contributed by atoms with Crippen molar-refractivity contribution in [3.05, 3.63) is 52.2 Å². The molecule has 0 saturated carbocycles. The van der Waals surface area contributed by atoms with Crippen LogP contribution in [0, 0.1) is 0 Å². The van der Waals surface area contributed by atoms with Crippen molar-refractivity contribution in [2.75, 3.05) is 4.72 Å². The van der Waals surface area contributed by atoms with E-state index in [0.29, 0.717) is 10.2 Å². The topological polar surface area (TPSA) is 59.1 Å². The maximum absolute atomic E-state index is 12.1. The molecule has 4 nitrogen and oxygen atoms in total. The molecular formula is C11H8BrClN2O2S. The lowest BCUT2D eigenvalue weighted by molar-refractivity contribution is 0.601. The van der Waals surface area contributed by atoms with E-state index in [0.717, 1.165) is 0 Å². The molecule has 0 saturated heterocycles. The van der Waals surface area contributed by atoms with Crippen molar-refractivity contribution in [3.8, 4) is 0 Å². The predicted molar refractivity (Wildman–Crippen MR) is 74.2 cm³/mol. The fourth-order valence-electron chi connectivity index (χ4n) is 1.34. The highest BCUT2D eigenvalue weighted by Crippen LogP contribution is 2.24. The van der Waals surface area contributed by atoms with Crippen molar-refractivity contribution in [2.45, 2.75) is 4.90 Å². The minimum absolute atomic E-state index is 0.165. The monoisotopic (exact) mass is 346 g/mol. The minimum Gasteiger partial charge on any atom is -0.279 e. The molecule has 0 spiro atoms. The summed E-state index contributed by atoms with van der Waals surface area (Å²) >= 11 is 8.90. The Balaban J connectivity index is 2.37. The van der Waals surface area contributed by atoms with E-state index in [9.17, 15) is 8.42 Å². The normalized spacial score (nSPS) is 11.2. The van der Waals surface area contributed by atoms with Gasteiger partial charge in [0.15, 0.2) is 0 Å². The van der Waals surface area contributed by atoms with E-state index in [1.807, 2.05) is 0 Å². The van der Waals surface area contributed by atoms with Gasteiger partial charge >= 0.3 is 0 Å². The number of nitrogens with zero attached hydrogens (tertiary/aromatic N) is 1. The highest BCUT2D eigenvalue weighted by Gasteiger charge is 2.17. The van der Waals surface area contributed by atoms with Crippen LogP contribution in [0.2, 0.25) is 5.15 Å². The number of anilines is 1. The molecule has 1 aromatic carbocycles. The van der Waals surface area contributed by atoms with Gasteiger partial charge in [0.2, 0.25) is 0 Å². The number of hydrogen-bond acceptors (Lipinski definition) is 3. The number of halogens is 2. The Labute approximate surface area is 118 Å². The average molecular weight is 348 g/mol. The van der Waals surface area contributed by atoms with Crippen molar-refractivity contribution in [2.24, 2.45) is 0 Å². The van der Waals surface area contributed by atoms with E-state index in [1.54, 1.807) is 18.2 Å². The molecule has 0 fully saturated rings. The average Bonchev–Trinajstić information content (AvgIpc) is 2.28. The molecule has 0 aliphatic carbocycles. The minimum atomic E-state index is -3.64. The molecule has 7 heteroatoms. The van der Waals surface area contributed by atoms with Gasteiger partial charge in [0, 0.05) is 10.7 Å². The van der Waals surface area contributed by atoms with Crippen LogP contribution in [-0.2, 0) is 10.0 Å². The number of benzene rings is 1. The molecule has 0 bridgehead atoms. The van der Waals surface area contributed by atoms with Gasteiger partial charge < -0.3 is 0 Å². The van der Waals surface area contributed by atoms with E-state index in [1.165, 1.54) is 24.4 Å². The van der Waals surface area contributed by atoms with Crippen molar-refractivity contribution in [3.63, 3.8) is 0 Å². The van der Waals surface area contributed by atoms with Crippen molar-refractivity contribution >= 4 is 43.2 Å². The summed E-state index contributed by atoms with van der Waals surface area (Å²) in [7, 11) is -3.64. The Kier molecular flexibility index (Phi) is 3.89. The Bertz CT molecular complexity index is 676. The van der Waals surface area contributed by atoms with E-state index in [-0.39, 0.29) is 10.0 Å². The molecule has 0 aliphatic heterocycles. The number of hydrogen-bond donors (Lipinski definition) is 1. The number of nitrogens with one attached hydrogen (secondary N) is 1. The molecule has 2 aromatic rings. The summed E-state index contributed by atoms with van der Waals surface area (Å²) in [6.07, 6.45) is 1.43. The summed E-state index contributed by atoms with van der Waals surface area (Å²) < 4.78 is 27.2. The van der Waals surface area contributed by atoms with Gasteiger partial charge in [-0.1, -0.05) is 23.7 Å². The Hall–Kier alpha value is -1.11. The van der Waals surface area contributed by atoms with E-state index < -0.39 is 10.0 Å². The highest BCUT2D eigenvalue weighted by molar-refractivity contribution is 9.10. The molecule has 18 heavy (non-hydrogen) atoms. The van der Waals surface area contributed by atoms with E-state index in [2.05, 4.69) is 25.6 Å². The first-order chi connectivity index (χ1) is 8.49. The second-order valence-corrected chi connectivity index (χ2v) is 6.30. The van der Waals surface area contributed by atoms with Crippen LogP contribution in [0.4, 0.5) is 5.69 Å². The largest absolute Gasteiger partial charge is 0.279 e. The zero-order chi connectivity index (χ0) is 13.2. The van der Waals surface area contributed by atoms with Gasteiger partial charge in [-0.25, -0.2) is 13.4 Å². The smallest absolute Gasteiger partial charge is 0.263 e. The first kappa shape index (κ1) is 13.3. The first-order valence-corrected chi connectivity index (χ1v) is 7.53. The van der Waals surface area contributed by atoms with Gasteiger partial charge in [-0.05, 0) is 40.2 Å². The molecule has 2 rings (SSSR count). The van der Waals surface area contributed by atoms with Gasteiger partial charge in [-0.15, -0.1) is 0 Å². The lowest BCUT2D eigenvalue weighted by atomic mass is 10.4. The molecule has 0 amide bonds. The van der Waals surface area contributed by atoms with E-state index >= 15 is 0 Å². The highest BCUT2D eigenvalue weighted by atomic mass is 79.9. The zero-order valence-corrected chi connectivity index (χ0v) is 12.1. The second kappa shape index (κ2) is 5.26. The molecule has 0 unspecified atom stereocenters. The summed E-state index contributed by atoms with van der Waals surface area (Å²) in [6, 6.07) is 9.53. The Morgan fingerprint density at radius 2 is 1.94 bits per heavy atom. The molecular weight excluding hydrogens is 340 g/mol. The van der Waals surface area contributed by atoms with Gasteiger partial charge in [0.05, 0.1) is 5.69 Å². The van der Waals surface area contributed by atoms with Crippen molar-refractivity contribution < 1.29 is 8.42 Å². The fourth-order valence-corrected chi connectivity index (χ4v) is 3.57. The third-order valence-corrected chi connectivity index (χ3v) is 4.71. The van der Waals surface area contributed by atoms with Crippen LogP contribution in [-0.4, -0.2) is 13.4 Å². The van der Waals surface area contributed by atoms with Crippen molar-refractivity contribution in [1.82, 2.24) is 4.98 Å². The molecule has 94 valence electrons. The summed E-state index contributed by atoms with van der Waals surface area (Å²) in [5, 5.41) is 0.224. The second-order valence-electron chi connectivity index (χ2n) is 3.40. The van der Waals surface area contributed by atoms with Gasteiger partial charge in [0.25, 0.3) is 10.0 Å². The van der Waals surface area contributed by atoms with Crippen LogP contribution in [0.3, 0.4) is 0 Å². The summed E-state index contributed by atoms with van der Waals surface area (Å²) in [5.41, 5.74) is 0.366. The zero-order valence-electron chi connectivity index (χ0n) is 8.97. The maximum Gasteiger partial charge on any atom is 0.263 e. The van der Waals surface area contributed by atoms with Crippen LogP contribution in [0.15, 0.2) is 52.0 Å². The third-order valence-electron chi connectivity index (χ3n) is 2.10. The SMILES string of the molecule is O=S(=O)(Nc1ccnc(Cl)c1)c1ccccc1Br. The van der Waals surface area contributed by atoms with Crippen LogP contribution in [0.25, 0.3) is 0 Å². The quantitative estimate of drug-likeness (QED) is 0.867. The number of aromatic nitrogens is 1. The summed E-state index contributed by atoms with van der Waals surface area (Å²) in [5.74, 6) is 0. The van der Waals surface area contributed by atoms with Crippen LogP contribution in [0.5, 0.6) is 0 Å². The third kappa shape index (κ3) is 3.01. The molecule has 0 radical (unpaired) electrons. The number of sulfonamides is 1. The lowest BCUT2D eigenvalue weighted by Crippen LogP contribution is -2.13. The molecule has 1 heterocycles. The van der Waals surface area contributed by atoms with E-state index in [4.69, 9.17) is 11.6 Å². The molecule has 1 aromatic heterocycles. The fraction of sp³-hybridized carbons (Fsp3) is 0. The first-order valence-electron chi connectivity index (χ1n) is 4.88. The predicted octanol–water partition coefficient (Wildman–Crippen LogP) is 3.30. The number of rotatable bonds is 3. The van der Waals surface area contributed by atoms with Crippen molar-refractivity contribution in [1.29, 1.82) is 0 Å². The summed E-state index contributed by atoms with van der Waals surface area (Å²) in [6.45, 7) is 0. The number of pyridine rings is 1. The van der Waals surface area contributed by atoms with Gasteiger partial charge in [-0.2, -0.15) is 0 Å². The van der Waals surface area contributed by atoms with Gasteiger partial charge in [-0.3, -0.25) is 4.72 Å². The van der Waals surface area contributed by atoms with Crippen LogP contribution >= 0.6 is 27.5 Å². The Morgan fingerprint density at radius 3 is 2.61 bits per heavy atom. The Morgan fingerprint density at radius 1 is 1.22 bits per heavy atom. The lowest BCUT2D eigenvalue weighted by Gasteiger charge is -2.09. The molecule has 0 aliphatic rings. The van der Waals surface area contributed by atoms with Crippen LogP contribution in [0.1, 0.15) is 0 Å². The van der Waals surface area contributed by atoms with Crippen LogP contribution < -0.4 is 4.72 Å². The molecule has 0 atom stereocenters. The molecule has 1 N–H and O–H groups in total.